The summed E-state index contributed by atoms with van der Waals surface area (Å²) in [6, 6.07) is 8.40. The number of nitrogens with one attached hydrogen (secondary N) is 1. The molecule has 1 amide bonds. The molecule has 0 unspecified atom stereocenters. The van der Waals surface area contributed by atoms with Gasteiger partial charge in [0.25, 0.3) is 0 Å². The molecule has 1 saturated heterocycles. The van der Waals surface area contributed by atoms with Gasteiger partial charge >= 0.3 is 6.09 Å². The quantitative estimate of drug-likeness (QED) is 0.611. The van der Waals surface area contributed by atoms with Crippen LogP contribution in [-0.2, 0) is 11.2 Å². The first-order valence-corrected chi connectivity index (χ1v) is 11.4. The standard InChI is InChI=1S/C24H25BrFN5O2/c1-24(2,3)33-23(32)30-17-7-10-31(11-8-17)22-18(6-9-27)21(19(25)14-29-22)15-4-5-16(13-28)20(26)12-15/h4-5,12,14,17H,6-8,10-11H2,1-3H3,(H,30,32). The van der Waals surface area contributed by atoms with Crippen molar-refractivity contribution < 1.29 is 13.9 Å². The lowest BCUT2D eigenvalue weighted by Gasteiger charge is -2.35. The van der Waals surface area contributed by atoms with Gasteiger partial charge in [-0.15, -0.1) is 0 Å². The number of nitriles is 2. The van der Waals surface area contributed by atoms with E-state index in [1.807, 2.05) is 26.8 Å². The van der Waals surface area contributed by atoms with Crippen molar-refractivity contribution >= 4 is 27.8 Å². The maximum absolute atomic E-state index is 14.3. The minimum atomic E-state index is -0.614. The Kier molecular flexibility index (Phi) is 7.55. The van der Waals surface area contributed by atoms with Gasteiger partial charge in [-0.1, -0.05) is 6.07 Å². The van der Waals surface area contributed by atoms with E-state index in [1.165, 1.54) is 12.1 Å². The summed E-state index contributed by atoms with van der Waals surface area (Å²) >= 11 is 3.49. The number of piperidine rings is 1. The molecule has 1 N–H and O–H groups in total. The van der Waals surface area contributed by atoms with Gasteiger partial charge in [-0.2, -0.15) is 10.5 Å². The lowest BCUT2D eigenvalue weighted by Crippen LogP contribution is -2.46. The van der Waals surface area contributed by atoms with E-state index in [0.717, 1.165) is 0 Å². The van der Waals surface area contributed by atoms with E-state index in [4.69, 9.17) is 10.00 Å². The molecule has 0 spiro atoms. The molecule has 0 saturated carbocycles. The Morgan fingerprint density at radius 2 is 2.03 bits per heavy atom. The first-order valence-electron chi connectivity index (χ1n) is 10.6. The summed E-state index contributed by atoms with van der Waals surface area (Å²) in [5, 5.41) is 21.4. The second kappa shape index (κ2) is 10.2. The summed E-state index contributed by atoms with van der Waals surface area (Å²) in [6.07, 6.45) is 2.70. The van der Waals surface area contributed by atoms with Gasteiger partial charge < -0.3 is 15.0 Å². The number of rotatable bonds is 4. The summed E-state index contributed by atoms with van der Waals surface area (Å²) < 4.78 is 20.3. The number of anilines is 1. The van der Waals surface area contributed by atoms with Crippen LogP contribution in [0.25, 0.3) is 11.1 Å². The predicted molar refractivity (Wildman–Crippen MR) is 126 cm³/mol. The second-order valence-corrected chi connectivity index (χ2v) is 9.69. The highest BCUT2D eigenvalue weighted by molar-refractivity contribution is 9.10. The van der Waals surface area contributed by atoms with Crippen LogP contribution in [0.2, 0.25) is 0 Å². The lowest BCUT2D eigenvalue weighted by molar-refractivity contribution is 0.0497. The van der Waals surface area contributed by atoms with E-state index < -0.39 is 17.5 Å². The molecule has 3 rings (SSSR count). The number of halogens is 2. The number of aromatic nitrogens is 1. The van der Waals surface area contributed by atoms with Crippen LogP contribution in [0.15, 0.2) is 28.9 Å². The zero-order valence-corrected chi connectivity index (χ0v) is 20.4. The van der Waals surface area contributed by atoms with Crippen molar-refractivity contribution in [1.82, 2.24) is 10.3 Å². The third kappa shape index (κ3) is 6.00. The van der Waals surface area contributed by atoms with E-state index in [2.05, 4.69) is 37.2 Å². The van der Waals surface area contributed by atoms with Gasteiger partial charge in [0.05, 0.1) is 18.1 Å². The fourth-order valence-corrected chi connectivity index (χ4v) is 4.39. The van der Waals surface area contributed by atoms with Crippen molar-refractivity contribution in [3.8, 4) is 23.3 Å². The molecule has 1 fully saturated rings. The van der Waals surface area contributed by atoms with Crippen molar-refractivity contribution in [2.24, 2.45) is 0 Å². The molecule has 172 valence electrons. The Morgan fingerprint density at radius 3 is 2.61 bits per heavy atom. The average Bonchev–Trinajstić information content (AvgIpc) is 2.73. The molecule has 0 atom stereocenters. The molecule has 1 aromatic heterocycles. The van der Waals surface area contributed by atoms with Gasteiger partial charge in [-0.3, -0.25) is 0 Å². The Balaban J connectivity index is 1.84. The second-order valence-electron chi connectivity index (χ2n) is 8.83. The Morgan fingerprint density at radius 1 is 1.33 bits per heavy atom. The predicted octanol–water partition coefficient (Wildman–Crippen LogP) is 5.08. The molecule has 1 aromatic carbocycles. The first kappa shape index (κ1) is 24.5. The molecule has 7 nitrogen and oxygen atoms in total. The van der Waals surface area contributed by atoms with E-state index in [9.17, 15) is 14.4 Å². The van der Waals surface area contributed by atoms with Gasteiger partial charge in [0.15, 0.2) is 0 Å². The number of ether oxygens (including phenoxy) is 1. The number of amides is 1. The minimum absolute atomic E-state index is 0.0157. The Bertz CT molecular complexity index is 1130. The summed E-state index contributed by atoms with van der Waals surface area (Å²) in [5.74, 6) is 0.0486. The molecule has 9 heteroatoms. The molecule has 2 aromatic rings. The fraction of sp³-hybridized carbons (Fsp3) is 0.417. The van der Waals surface area contributed by atoms with Crippen LogP contribution in [0.4, 0.5) is 15.0 Å². The number of hydrogen-bond acceptors (Lipinski definition) is 6. The van der Waals surface area contributed by atoms with E-state index in [0.29, 0.717) is 52.9 Å². The van der Waals surface area contributed by atoms with E-state index in [1.54, 1.807) is 12.3 Å². The number of benzene rings is 1. The number of nitrogens with zero attached hydrogens (tertiary/aromatic N) is 4. The SMILES string of the molecule is CC(C)(C)OC(=O)NC1CCN(c2ncc(Br)c(-c3ccc(C#N)c(F)c3)c2CC#N)CC1. The molecule has 1 aliphatic heterocycles. The van der Waals surface area contributed by atoms with Gasteiger partial charge in [0.1, 0.15) is 23.3 Å². The molecule has 0 radical (unpaired) electrons. The monoisotopic (exact) mass is 513 g/mol. The third-order valence-corrected chi connectivity index (χ3v) is 5.86. The van der Waals surface area contributed by atoms with Crippen LogP contribution in [0.3, 0.4) is 0 Å². The number of carbonyl (C=O) groups is 1. The van der Waals surface area contributed by atoms with Crippen molar-refractivity contribution in [2.45, 2.75) is 51.7 Å². The average molecular weight is 514 g/mol. The molecular formula is C24H25BrFN5O2. The van der Waals surface area contributed by atoms with E-state index >= 15 is 0 Å². The zero-order valence-electron chi connectivity index (χ0n) is 18.8. The van der Waals surface area contributed by atoms with Gasteiger partial charge in [0.2, 0.25) is 0 Å². The minimum Gasteiger partial charge on any atom is -0.444 e. The normalized spacial score (nSPS) is 14.3. The van der Waals surface area contributed by atoms with Crippen LogP contribution in [-0.4, -0.2) is 35.8 Å². The Hall–Kier alpha value is -3.17. The third-order valence-electron chi connectivity index (χ3n) is 5.26. The Labute approximate surface area is 201 Å². The molecular weight excluding hydrogens is 489 g/mol. The zero-order chi connectivity index (χ0) is 24.2. The van der Waals surface area contributed by atoms with Crippen LogP contribution in [0, 0.1) is 28.5 Å². The smallest absolute Gasteiger partial charge is 0.407 e. The summed E-state index contributed by atoms with van der Waals surface area (Å²) in [6.45, 7) is 6.73. The summed E-state index contributed by atoms with van der Waals surface area (Å²) in [5.41, 5.74) is 1.34. The number of hydrogen-bond donors (Lipinski definition) is 1. The van der Waals surface area contributed by atoms with Crippen LogP contribution in [0.1, 0.15) is 44.7 Å². The summed E-state index contributed by atoms with van der Waals surface area (Å²) in [4.78, 5) is 18.7. The molecule has 33 heavy (non-hydrogen) atoms. The van der Waals surface area contributed by atoms with Gasteiger partial charge in [-0.25, -0.2) is 14.2 Å². The van der Waals surface area contributed by atoms with Crippen LogP contribution in [0.5, 0.6) is 0 Å². The molecule has 1 aliphatic rings. The molecule has 0 aliphatic carbocycles. The topological polar surface area (TPSA) is 102 Å². The highest BCUT2D eigenvalue weighted by atomic mass is 79.9. The van der Waals surface area contributed by atoms with Crippen LogP contribution >= 0.6 is 15.9 Å². The first-order chi connectivity index (χ1) is 15.6. The van der Waals surface area contributed by atoms with Crippen molar-refractivity contribution in [2.75, 3.05) is 18.0 Å². The maximum atomic E-state index is 14.3. The van der Waals surface area contributed by atoms with Gasteiger partial charge in [0, 0.05) is 40.9 Å². The van der Waals surface area contributed by atoms with Crippen molar-refractivity contribution in [3.05, 3.63) is 45.8 Å². The highest BCUT2D eigenvalue weighted by Gasteiger charge is 2.27. The van der Waals surface area contributed by atoms with Crippen LogP contribution < -0.4 is 10.2 Å². The fourth-order valence-electron chi connectivity index (χ4n) is 3.82. The van der Waals surface area contributed by atoms with Gasteiger partial charge in [-0.05, 0) is 67.2 Å². The van der Waals surface area contributed by atoms with Crippen molar-refractivity contribution in [3.63, 3.8) is 0 Å². The molecule has 2 heterocycles. The van der Waals surface area contributed by atoms with Crippen molar-refractivity contribution in [1.29, 1.82) is 10.5 Å². The van der Waals surface area contributed by atoms with E-state index in [-0.39, 0.29) is 18.0 Å². The summed E-state index contributed by atoms with van der Waals surface area (Å²) in [7, 11) is 0. The molecule has 0 bridgehead atoms. The number of pyridine rings is 1. The lowest BCUT2D eigenvalue weighted by atomic mass is 9.96. The number of carbonyl (C=O) groups excluding carboxylic acids is 1. The maximum Gasteiger partial charge on any atom is 0.407 e. The largest absolute Gasteiger partial charge is 0.444 e. The number of alkyl carbamates (subject to hydrolysis) is 1. The highest BCUT2D eigenvalue weighted by Crippen LogP contribution is 2.37.